The molecule has 6 nitrogen and oxygen atoms in total. The van der Waals surface area contributed by atoms with Crippen molar-refractivity contribution in [2.45, 2.75) is 6.42 Å². The minimum atomic E-state index is -0.161. The Morgan fingerprint density at radius 2 is 1.96 bits per heavy atom. The molecule has 1 N–H and O–H groups in total. The van der Waals surface area contributed by atoms with Crippen LogP contribution in [0.2, 0.25) is 0 Å². The van der Waals surface area contributed by atoms with E-state index >= 15 is 0 Å². The van der Waals surface area contributed by atoms with Gasteiger partial charge in [-0.05, 0) is 35.2 Å². The van der Waals surface area contributed by atoms with Gasteiger partial charge in [-0.15, -0.1) is 11.3 Å². The Morgan fingerprint density at radius 1 is 1.00 bits per heavy atom. The molecule has 0 atom stereocenters. The Balaban J connectivity index is 1.65. The van der Waals surface area contributed by atoms with Crippen molar-refractivity contribution in [1.29, 1.82) is 0 Å². The van der Waals surface area contributed by atoms with Gasteiger partial charge in [0.05, 0.1) is 17.0 Å². The Bertz CT molecular complexity index is 1040. The number of aromatic nitrogens is 4. The highest BCUT2D eigenvalue weighted by atomic mass is 32.1. The monoisotopic (exact) mass is 373 g/mol. The molecule has 0 bridgehead atoms. The second-order valence-corrected chi connectivity index (χ2v) is 6.69. The largest absolute Gasteiger partial charge is 0.310 e. The van der Waals surface area contributed by atoms with Crippen LogP contribution in [0.5, 0.6) is 0 Å². The highest BCUT2D eigenvalue weighted by molar-refractivity contribution is 7.13. The van der Waals surface area contributed by atoms with Gasteiger partial charge in [-0.2, -0.15) is 0 Å². The van der Waals surface area contributed by atoms with Crippen LogP contribution in [0.3, 0.4) is 0 Å². The summed E-state index contributed by atoms with van der Waals surface area (Å²) in [6.45, 7) is 0. The van der Waals surface area contributed by atoms with Gasteiger partial charge in [0.2, 0.25) is 5.91 Å². The molecule has 4 rings (SSSR count). The number of carbonyl (C=O) groups is 1. The second-order valence-electron chi connectivity index (χ2n) is 5.74. The molecule has 27 heavy (non-hydrogen) atoms. The molecule has 0 unspecified atom stereocenters. The first-order valence-corrected chi connectivity index (χ1v) is 9.19. The van der Waals surface area contributed by atoms with Gasteiger partial charge in [-0.3, -0.25) is 14.8 Å². The van der Waals surface area contributed by atoms with Crippen molar-refractivity contribution in [3.05, 3.63) is 78.1 Å². The third kappa shape index (κ3) is 4.21. The summed E-state index contributed by atoms with van der Waals surface area (Å²) >= 11 is 1.58. The van der Waals surface area contributed by atoms with Gasteiger partial charge >= 0.3 is 0 Å². The van der Waals surface area contributed by atoms with Gasteiger partial charge in [0.1, 0.15) is 11.5 Å². The number of nitrogens with zero attached hydrogens (tertiary/aromatic N) is 4. The fourth-order valence-electron chi connectivity index (χ4n) is 2.55. The van der Waals surface area contributed by atoms with Crippen LogP contribution in [-0.2, 0) is 11.2 Å². The van der Waals surface area contributed by atoms with Crippen molar-refractivity contribution in [3.63, 3.8) is 0 Å². The van der Waals surface area contributed by atoms with Gasteiger partial charge in [0, 0.05) is 24.7 Å². The number of thiophene rings is 1. The van der Waals surface area contributed by atoms with Crippen molar-refractivity contribution in [3.8, 4) is 22.1 Å². The molecular formula is C20H15N5OS. The van der Waals surface area contributed by atoms with E-state index in [4.69, 9.17) is 0 Å². The van der Waals surface area contributed by atoms with Crippen LogP contribution in [0.1, 0.15) is 5.56 Å². The van der Waals surface area contributed by atoms with E-state index in [1.165, 1.54) is 0 Å². The normalized spacial score (nSPS) is 10.5. The van der Waals surface area contributed by atoms with Crippen molar-refractivity contribution in [1.82, 2.24) is 19.9 Å². The lowest BCUT2D eigenvalue weighted by Gasteiger charge is -2.09. The van der Waals surface area contributed by atoms with E-state index in [0.29, 0.717) is 17.3 Å². The van der Waals surface area contributed by atoms with Crippen molar-refractivity contribution in [2.75, 3.05) is 5.32 Å². The fourth-order valence-corrected chi connectivity index (χ4v) is 3.23. The molecule has 4 aromatic rings. The summed E-state index contributed by atoms with van der Waals surface area (Å²) in [5, 5.41) is 4.85. The highest BCUT2D eigenvalue weighted by Crippen LogP contribution is 2.27. The number of carbonyl (C=O) groups excluding carboxylic acids is 1. The predicted octanol–water partition coefficient (Wildman–Crippen LogP) is 3.84. The molecular weight excluding hydrogens is 358 g/mol. The van der Waals surface area contributed by atoms with E-state index in [2.05, 4.69) is 25.3 Å². The number of nitrogens with one attached hydrogen (secondary N) is 1. The lowest BCUT2D eigenvalue weighted by Crippen LogP contribution is -2.16. The molecule has 132 valence electrons. The maximum Gasteiger partial charge on any atom is 0.230 e. The molecule has 0 radical (unpaired) electrons. The zero-order valence-corrected chi connectivity index (χ0v) is 15.1. The summed E-state index contributed by atoms with van der Waals surface area (Å²) in [5.41, 5.74) is 2.24. The molecule has 4 heterocycles. The molecule has 0 aliphatic heterocycles. The van der Waals surface area contributed by atoms with E-state index in [1.54, 1.807) is 42.1 Å². The van der Waals surface area contributed by atoms with E-state index in [9.17, 15) is 4.79 Å². The van der Waals surface area contributed by atoms with Gasteiger partial charge in [0.25, 0.3) is 0 Å². The smallest absolute Gasteiger partial charge is 0.230 e. The van der Waals surface area contributed by atoms with Crippen LogP contribution in [0, 0.1) is 0 Å². The van der Waals surface area contributed by atoms with E-state index in [1.807, 2.05) is 41.8 Å². The van der Waals surface area contributed by atoms with Crippen LogP contribution >= 0.6 is 11.3 Å². The third-order valence-electron chi connectivity index (χ3n) is 3.75. The van der Waals surface area contributed by atoms with E-state index in [0.717, 1.165) is 16.1 Å². The average molecular weight is 373 g/mol. The summed E-state index contributed by atoms with van der Waals surface area (Å²) in [4.78, 5) is 30.9. The van der Waals surface area contributed by atoms with Crippen molar-refractivity contribution < 1.29 is 4.79 Å². The van der Waals surface area contributed by atoms with Crippen LogP contribution < -0.4 is 5.32 Å². The Hall–Kier alpha value is -3.45. The maximum atomic E-state index is 12.4. The predicted molar refractivity (Wildman–Crippen MR) is 105 cm³/mol. The number of rotatable bonds is 5. The van der Waals surface area contributed by atoms with Crippen LogP contribution in [0.25, 0.3) is 22.1 Å². The van der Waals surface area contributed by atoms with E-state index in [-0.39, 0.29) is 12.3 Å². The molecule has 7 heteroatoms. The zero-order chi connectivity index (χ0) is 18.5. The van der Waals surface area contributed by atoms with Crippen LogP contribution in [-0.4, -0.2) is 25.8 Å². The molecule has 0 aliphatic carbocycles. The average Bonchev–Trinajstić information content (AvgIpc) is 3.24. The highest BCUT2D eigenvalue weighted by Gasteiger charge is 2.12. The minimum Gasteiger partial charge on any atom is -0.310 e. The zero-order valence-electron chi connectivity index (χ0n) is 14.2. The van der Waals surface area contributed by atoms with Crippen molar-refractivity contribution in [2.24, 2.45) is 0 Å². The second kappa shape index (κ2) is 7.84. The fraction of sp³-hybridized carbons (Fsp3) is 0.0500. The van der Waals surface area contributed by atoms with E-state index < -0.39 is 0 Å². The lowest BCUT2D eigenvalue weighted by atomic mass is 10.2. The summed E-state index contributed by atoms with van der Waals surface area (Å²) in [6.07, 6.45) is 5.27. The lowest BCUT2D eigenvalue weighted by molar-refractivity contribution is -0.115. The SMILES string of the molecule is O=C(Cc1cccnc1)Nc1cc(-c2cccs2)nc(-c2ccccn2)n1. The minimum absolute atomic E-state index is 0.161. The Morgan fingerprint density at radius 3 is 2.70 bits per heavy atom. The maximum absolute atomic E-state index is 12.4. The van der Waals surface area contributed by atoms with Crippen molar-refractivity contribution >= 4 is 23.1 Å². The number of amides is 1. The molecule has 0 spiro atoms. The third-order valence-corrected chi connectivity index (χ3v) is 4.64. The number of hydrogen-bond acceptors (Lipinski definition) is 6. The molecule has 0 saturated heterocycles. The summed E-state index contributed by atoms with van der Waals surface area (Å²) < 4.78 is 0. The standard InChI is InChI=1S/C20H15N5OS/c26-19(11-14-5-3-8-21-13-14)24-18-12-16(17-7-4-10-27-17)23-20(25-18)15-6-1-2-9-22-15/h1-10,12-13H,11H2,(H,23,24,25,26). The quantitative estimate of drug-likeness (QED) is 0.575. The van der Waals surface area contributed by atoms with Gasteiger partial charge < -0.3 is 5.32 Å². The molecule has 1 amide bonds. The number of hydrogen-bond donors (Lipinski definition) is 1. The van der Waals surface area contributed by atoms with Gasteiger partial charge in [-0.1, -0.05) is 18.2 Å². The van der Waals surface area contributed by atoms with Crippen LogP contribution in [0.4, 0.5) is 5.82 Å². The Kier molecular flexibility index (Phi) is 4.93. The molecule has 0 fully saturated rings. The van der Waals surface area contributed by atoms with Gasteiger partial charge in [0.15, 0.2) is 5.82 Å². The summed E-state index contributed by atoms with van der Waals surface area (Å²) in [6, 6.07) is 14.9. The summed E-state index contributed by atoms with van der Waals surface area (Å²) in [7, 11) is 0. The van der Waals surface area contributed by atoms with Gasteiger partial charge in [-0.25, -0.2) is 9.97 Å². The number of anilines is 1. The molecule has 0 saturated carbocycles. The number of pyridine rings is 2. The first-order valence-electron chi connectivity index (χ1n) is 8.31. The first-order chi connectivity index (χ1) is 13.3. The molecule has 0 aromatic carbocycles. The molecule has 4 aromatic heterocycles. The molecule has 0 aliphatic rings. The first kappa shape index (κ1) is 17.0. The topological polar surface area (TPSA) is 80.7 Å². The summed E-state index contributed by atoms with van der Waals surface area (Å²) in [5.74, 6) is 0.756. The van der Waals surface area contributed by atoms with Crippen LogP contribution in [0.15, 0.2) is 72.5 Å². The Labute approximate surface area is 160 Å².